The molecule has 0 aliphatic heterocycles. The summed E-state index contributed by atoms with van der Waals surface area (Å²) in [7, 11) is -3.39. The Labute approximate surface area is 206 Å². The molecule has 1 atom stereocenters. The smallest absolute Gasteiger partial charge is 0.245 e. The van der Waals surface area contributed by atoms with Gasteiger partial charge in [-0.15, -0.1) is 0 Å². The molecule has 0 aromatic heterocycles. The summed E-state index contributed by atoms with van der Waals surface area (Å²) in [6, 6.07) is 13.6. The van der Waals surface area contributed by atoms with Crippen molar-refractivity contribution in [2.45, 2.75) is 38.6 Å². The lowest BCUT2D eigenvalue weighted by Gasteiger charge is -2.28. The van der Waals surface area contributed by atoms with Crippen molar-refractivity contribution < 1.29 is 18.0 Å². The topological polar surface area (TPSA) is 122 Å². The Hall–Kier alpha value is -2.62. The highest BCUT2D eigenvalue weighted by Gasteiger charge is 2.25. The number of para-hydroxylation sites is 1. The Morgan fingerprint density at radius 3 is 2.38 bits per heavy atom. The van der Waals surface area contributed by atoms with Crippen LogP contribution in [0.15, 0.2) is 48.5 Å². The number of nitrogens with two attached hydrogens (primary N) is 1. The summed E-state index contributed by atoms with van der Waals surface area (Å²) in [6.07, 6.45) is 3.41. The monoisotopic (exact) mass is 508 g/mol. The minimum Gasteiger partial charge on any atom is -0.343 e. The van der Waals surface area contributed by atoms with Crippen LogP contribution in [-0.4, -0.2) is 57.1 Å². The van der Waals surface area contributed by atoms with Gasteiger partial charge < -0.3 is 16.0 Å². The number of benzene rings is 2. The molecule has 8 nitrogen and oxygen atoms in total. The van der Waals surface area contributed by atoms with Gasteiger partial charge in [0.15, 0.2) is 0 Å². The molecule has 0 unspecified atom stereocenters. The molecule has 2 aromatic rings. The van der Waals surface area contributed by atoms with Crippen molar-refractivity contribution in [3.63, 3.8) is 0 Å². The lowest BCUT2D eigenvalue weighted by Crippen LogP contribution is -2.51. The van der Waals surface area contributed by atoms with Crippen LogP contribution in [0.4, 0.5) is 5.69 Å². The molecular weight excluding hydrogens is 476 g/mol. The molecule has 0 bridgehead atoms. The summed E-state index contributed by atoms with van der Waals surface area (Å²) in [5.41, 5.74) is 7.73. The van der Waals surface area contributed by atoms with Crippen LogP contribution in [0.5, 0.6) is 0 Å². The van der Waals surface area contributed by atoms with Gasteiger partial charge >= 0.3 is 0 Å². The van der Waals surface area contributed by atoms with Crippen LogP contribution in [0.1, 0.15) is 30.9 Å². The number of nitrogens with zero attached hydrogens (tertiary/aromatic N) is 1. The van der Waals surface area contributed by atoms with Crippen molar-refractivity contribution in [3.05, 3.63) is 64.7 Å². The lowest BCUT2D eigenvalue weighted by atomic mass is 10.0. The first-order valence-electron chi connectivity index (χ1n) is 11.2. The molecular formula is C24H33ClN4O4S. The zero-order valence-electron chi connectivity index (χ0n) is 19.6. The van der Waals surface area contributed by atoms with Crippen LogP contribution in [-0.2, 0) is 32.5 Å². The molecule has 0 aliphatic rings. The number of carbonyl (C=O) groups is 2. The highest BCUT2D eigenvalue weighted by molar-refractivity contribution is 7.92. The van der Waals surface area contributed by atoms with E-state index in [0.717, 1.165) is 23.8 Å². The van der Waals surface area contributed by atoms with Gasteiger partial charge in [0.25, 0.3) is 0 Å². The maximum Gasteiger partial charge on any atom is 0.245 e. The molecule has 2 aromatic carbocycles. The second-order valence-corrected chi connectivity index (χ2v) is 10.3. The van der Waals surface area contributed by atoms with Crippen LogP contribution < -0.4 is 15.8 Å². The molecule has 0 spiro atoms. The Morgan fingerprint density at radius 1 is 1.09 bits per heavy atom. The highest BCUT2D eigenvalue weighted by Crippen LogP contribution is 2.19. The fourth-order valence-corrected chi connectivity index (χ4v) is 4.35. The van der Waals surface area contributed by atoms with E-state index in [4.69, 9.17) is 17.3 Å². The molecule has 0 radical (unpaired) electrons. The quantitative estimate of drug-likeness (QED) is 0.384. The van der Waals surface area contributed by atoms with Gasteiger partial charge in [-0.1, -0.05) is 48.9 Å². The van der Waals surface area contributed by atoms with E-state index in [2.05, 4.69) is 10.0 Å². The Bertz CT molecular complexity index is 1060. The largest absolute Gasteiger partial charge is 0.343 e. The standard InChI is InChI=1S/C24H33ClN4O4S/c1-3-14-29(15-6-8-19-7-4-5-9-21(19)28-34(2,32)33)24(31)22(27-23(30)17-26)16-18-10-12-20(25)13-11-18/h4-5,7,9-13,22,28H,3,6,8,14-17,26H2,1-2H3,(H,27,30)/t22-/m1/s1. The predicted molar refractivity (Wildman–Crippen MR) is 136 cm³/mol. The van der Waals surface area contributed by atoms with Gasteiger partial charge in [-0.05, 0) is 48.6 Å². The summed E-state index contributed by atoms with van der Waals surface area (Å²) >= 11 is 5.96. The number of hydrogen-bond acceptors (Lipinski definition) is 5. The number of anilines is 1. The van der Waals surface area contributed by atoms with Crippen LogP contribution in [0, 0.1) is 0 Å². The minimum atomic E-state index is -3.39. The molecule has 0 aliphatic carbocycles. The van der Waals surface area contributed by atoms with Crippen molar-refractivity contribution in [2.75, 3.05) is 30.6 Å². The number of amides is 2. The zero-order valence-corrected chi connectivity index (χ0v) is 21.2. The van der Waals surface area contributed by atoms with Gasteiger partial charge in [-0.3, -0.25) is 14.3 Å². The molecule has 10 heteroatoms. The average Bonchev–Trinajstić information content (AvgIpc) is 2.79. The molecule has 186 valence electrons. The second kappa shape index (κ2) is 13.3. The van der Waals surface area contributed by atoms with Crippen LogP contribution in [0.2, 0.25) is 5.02 Å². The van der Waals surface area contributed by atoms with E-state index in [9.17, 15) is 18.0 Å². The molecule has 34 heavy (non-hydrogen) atoms. The van der Waals surface area contributed by atoms with Gasteiger partial charge in [-0.25, -0.2) is 8.42 Å². The highest BCUT2D eigenvalue weighted by atomic mass is 35.5. The maximum absolute atomic E-state index is 13.4. The number of aryl methyl sites for hydroxylation is 1. The van der Waals surface area contributed by atoms with Gasteiger partial charge in [0.05, 0.1) is 18.5 Å². The lowest BCUT2D eigenvalue weighted by molar-refractivity contribution is -0.136. The van der Waals surface area contributed by atoms with Crippen molar-refractivity contribution in [2.24, 2.45) is 5.73 Å². The summed E-state index contributed by atoms with van der Waals surface area (Å²) in [6.45, 7) is 2.79. The zero-order chi connectivity index (χ0) is 25.1. The van der Waals surface area contributed by atoms with E-state index in [1.165, 1.54) is 0 Å². The van der Waals surface area contributed by atoms with Crippen molar-refractivity contribution in [1.82, 2.24) is 10.2 Å². The molecule has 2 rings (SSSR count). The Morgan fingerprint density at radius 2 is 1.76 bits per heavy atom. The number of rotatable bonds is 13. The van der Waals surface area contributed by atoms with Gasteiger partial charge in [-0.2, -0.15) is 0 Å². The molecule has 0 heterocycles. The van der Waals surface area contributed by atoms with E-state index in [1.54, 1.807) is 29.2 Å². The van der Waals surface area contributed by atoms with Crippen LogP contribution >= 0.6 is 11.6 Å². The van der Waals surface area contributed by atoms with E-state index in [1.807, 2.05) is 31.2 Å². The van der Waals surface area contributed by atoms with E-state index >= 15 is 0 Å². The first-order valence-corrected chi connectivity index (χ1v) is 13.5. The normalized spacial score (nSPS) is 12.1. The van der Waals surface area contributed by atoms with Crippen LogP contribution in [0.3, 0.4) is 0 Å². The maximum atomic E-state index is 13.4. The number of nitrogens with one attached hydrogen (secondary N) is 2. The third kappa shape index (κ3) is 9.32. The molecule has 0 saturated heterocycles. The third-order valence-corrected chi connectivity index (χ3v) is 6.01. The molecule has 0 fully saturated rings. The predicted octanol–water partition coefficient (Wildman–Crippen LogP) is 2.57. The van der Waals surface area contributed by atoms with Crippen LogP contribution in [0.25, 0.3) is 0 Å². The first kappa shape index (κ1) is 27.6. The van der Waals surface area contributed by atoms with Gasteiger partial charge in [0, 0.05) is 24.5 Å². The Balaban J connectivity index is 2.12. The molecule has 4 N–H and O–H groups in total. The number of sulfonamides is 1. The fraction of sp³-hybridized carbons (Fsp3) is 0.417. The molecule has 2 amide bonds. The minimum absolute atomic E-state index is 0.179. The summed E-state index contributed by atoms with van der Waals surface area (Å²) in [4.78, 5) is 27.2. The van der Waals surface area contributed by atoms with Crippen molar-refractivity contribution in [3.8, 4) is 0 Å². The summed E-state index contributed by atoms with van der Waals surface area (Å²) < 4.78 is 25.8. The summed E-state index contributed by atoms with van der Waals surface area (Å²) in [5.74, 6) is -0.578. The van der Waals surface area contributed by atoms with Crippen molar-refractivity contribution in [1.29, 1.82) is 0 Å². The average molecular weight is 509 g/mol. The summed E-state index contributed by atoms with van der Waals surface area (Å²) in [5, 5.41) is 3.34. The van der Waals surface area contributed by atoms with Crippen molar-refractivity contribution >= 4 is 39.1 Å². The van der Waals surface area contributed by atoms with E-state index in [0.29, 0.717) is 43.1 Å². The van der Waals surface area contributed by atoms with E-state index < -0.39 is 22.0 Å². The Kier molecular flexibility index (Phi) is 10.8. The van der Waals surface area contributed by atoms with Gasteiger partial charge in [0.2, 0.25) is 21.8 Å². The van der Waals surface area contributed by atoms with Gasteiger partial charge in [0.1, 0.15) is 6.04 Å². The fourth-order valence-electron chi connectivity index (χ4n) is 3.63. The first-order chi connectivity index (χ1) is 16.1. The number of carbonyl (C=O) groups excluding carboxylic acids is 2. The second-order valence-electron chi connectivity index (χ2n) is 8.12. The van der Waals surface area contributed by atoms with E-state index in [-0.39, 0.29) is 12.5 Å². The number of halogens is 1. The number of hydrogen-bond donors (Lipinski definition) is 3. The molecule has 0 saturated carbocycles. The SMILES string of the molecule is CCCN(CCCc1ccccc1NS(C)(=O)=O)C(=O)[C@@H](Cc1ccc(Cl)cc1)NC(=O)CN. The third-order valence-electron chi connectivity index (χ3n) is 5.16.